The Morgan fingerprint density at radius 1 is 1.32 bits per heavy atom. The third kappa shape index (κ3) is 4.71. The van der Waals surface area contributed by atoms with Crippen LogP contribution in [0.2, 0.25) is 0 Å². The highest BCUT2D eigenvalue weighted by atomic mass is 32.2. The number of amides is 3. The summed E-state index contributed by atoms with van der Waals surface area (Å²) < 4.78 is 2.87. The van der Waals surface area contributed by atoms with E-state index in [-0.39, 0.29) is 42.0 Å². The van der Waals surface area contributed by atoms with Crippen molar-refractivity contribution in [3.8, 4) is 0 Å². The van der Waals surface area contributed by atoms with E-state index in [4.69, 9.17) is 0 Å². The second kappa shape index (κ2) is 7.71. The first-order valence-electron chi connectivity index (χ1n) is 9.94. The van der Waals surface area contributed by atoms with Crippen LogP contribution in [0.15, 0.2) is 12.7 Å². The van der Waals surface area contributed by atoms with Gasteiger partial charge in [-0.1, -0.05) is 26.8 Å². The topological polar surface area (TPSA) is 98.7 Å². The Morgan fingerprint density at radius 3 is 2.54 bits per heavy atom. The van der Waals surface area contributed by atoms with E-state index in [1.165, 1.54) is 16.8 Å². The second-order valence-corrected chi connectivity index (χ2v) is 10.6. The first-order chi connectivity index (χ1) is 13.1. The van der Waals surface area contributed by atoms with Crippen molar-refractivity contribution in [2.24, 2.45) is 11.3 Å². The zero-order chi connectivity index (χ0) is 20.7. The van der Waals surface area contributed by atoms with Crippen molar-refractivity contribution in [1.29, 1.82) is 0 Å². The highest BCUT2D eigenvalue weighted by molar-refractivity contribution is 7.98. The fourth-order valence-corrected chi connectivity index (χ4v) is 4.47. The van der Waals surface area contributed by atoms with Gasteiger partial charge in [0.1, 0.15) is 11.6 Å². The van der Waals surface area contributed by atoms with Crippen LogP contribution < -0.4 is 10.0 Å². The summed E-state index contributed by atoms with van der Waals surface area (Å²) in [4.78, 5) is 39.9. The number of likely N-dealkylation sites (tertiary alicyclic amines) is 1. The van der Waals surface area contributed by atoms with Crippen LogP contribution in [0, 0.1) is 11.3 Å². The van der Waals surface area contributed by atoms with E-state index in [1.54, 1.807) is 6.08 Å². The Hall–Kier alpha value is -1.54. The van der Waals surface area contributed by atoms with Crippen LogP contribution in [0.3, 0.4) is 0 Å². The Balaban J connectivity index is 1.67. The smallest absolute Gasteiger partial charge is 0.256 e. The maximum atomic E-state index is 13.0. The number of carbonyl (C=O) groups excluding carboxylic acids is 3. The van der Waals surface area contributed by atoms with Crippen molar-refractivity contribution in [1.82, 2.24) is 14.9 Å². The summed E-state index contributed by atoms with van der Waals surface area (Å²) in [7, 11) is 0. The van der Waals surface area contributed by atoms with Gasteiger partial charge in [0.2, 0.25) is 11.8 Å². The van der Waals surface area contributed by atoms with Crippen LogP contribution in [0.25, 0.3) is 0 Å². The molecule has 4 atom stereocenters. The van der Waals surface area contributed by atoms with Gasteiger partial charge in [-0.05, 0) is 36.6 Å². The quantitative estimate of drug-likeness (QED) is 0.436. The second-order valence-electron chi connectivity index (χ2n) is 9.44. The average molecular weight is 410 g/mol. The van der Waals surface area contributed by atoms with E-state index in [0.29, 0.717) is 18.1 Å². The SMILES string of the molecule is C=CC1C[C@]1(NC(=O)C1C[C@H](O)CN1C(=O)CC(C)(C)C)C(=O)NSC1CC1. The lowest BCUT2D eigenvalue weighted by Gasteiger charge is -2.28. The molecule has 1 aliphatic heterocycles. The van der Waals surface area contributed by atoms with Crippen LogP contribution in [-0.4, -0.2) is 57.2 Å². The molecule has 1 saturated heterocycles. The molecule has 3 aliphatic rings. The summed E-state index contributed by atoms with van der Waals surface area (Å²) in [6.07, 6.45) is 4.14. The predicted octanol–water partition coefficient (Wildman–Crippen LogP) is 1.37. The molecule has 156 valence electrons. The normalized spacial score (nSPS) is 32.0. The fraction of sp³-hybridized carbons (Fsp3) is 0.750. The highest BCUT2D eigenvalue weighted by Crippen LogP contribution is 2.46. The van der Waals surface area contributed by atoms with E-state index >= 15 is 0 Å². The maximum absolute atomic E-state index is 13.0. The molecular weight excluding hydrogens is 378 g/mol. The van der Waals surface area contributed by atoms with Crippen molar-refractivity contribution >= 4 is 29.7 Å². The number of aliphatic hydroxyl groups is 1. The number of carbonyl (C=O) groups is 3. The van der Waals surface area contributed by atoms with Crippen molar-refractivity contribution in [3.63, 3.8) is 0 Å². The Bertz CT molecular complexity index is 673. The molecule has 0 radical (unpaired) electrons. The minimum Gasteiger partial charge on any atom is -0.391 e. The number of hydrogen-bond acceptors (Lipinski definition) is 5. The Labute approximate surface area is 170 Å². The molecule has 7 nitrogen and oxygen atoms in total. The molecule has 0 aromatic carbocycles. The van der Waals surface area contributed by atoms with E-state index in [0.717, 1.165) is 12.8 Å². The Kier molecular flexibility index (Phi) is 5.83. The third-order valence-corrected chi connectivity index (χ3v) is 6.58. The molecule has 2 aliphatic carbocycles. The van der Waals surface area contributed by atoms with E-state index in [1.807, 2.05) is 20.8 Å². The summed E-state index contributed by atoms with van der Waals surface area (Å²) in [6, 6.07) is -0.753. The van der Waals surface area contributed by atoms with Crippen molar-refractivity contribution in [2.45, 2.75) is 75.8 Å². The molecule has 0 aromatic rings. The predicted molar refractivity (Wildman–Crippen MR) is 108 cm³/mol. The van der Waals surface area contributed by atoms with Crippen molar-refractivity contribution < 1.29 is 19.5 Å². The van der Waals surface area contributed by atoms with Crippen molar-refractivity contribution in [3.05, 3.63) is 12.7 Å². The Morgan fingerprint density at radius 2 is 2.00 bits per heavy atom. The minimum atomic E-state index is -0.993. The zero-order valence-electron chi connectivity index (χ0n) is 16.9. The molecule has 3 rings (SSSR count). The van der Waals surface area contributed by atoms with Crippen LogP contribution in [0.4, 0.5) is 0 Å². The molecule has 2 saturated carbocycles. The van der Waals surface area contributed by atoms with Crippen LogP contribution >= 0.6 is 11.9 Å². The van der Waals surface area contributed by atoms with E-state index in [9.17, 15) is 19.5 Å². The monoisotopic (exact) mass is 409 g/mol. The molecule has 8 heteroatoms. The van der Waals surface area contributed by atoms with Crippen LogP contribution in [0.5, 0.6) is 0 Å². The standard InChI is InChI=1S/C20H31N3O4S/c1-5-12-9-20(12,18(27)22-28-14-6-7-14)21-17(26)15-8-13(24)11-23(15)16(25)10-19(2,3)4/h5,12-15,24H,1,6-11H2,2-4H3,(H,21,26)(H,22,27)/t12?,13-,15?,20+/m0/s1. The van der Waals surface area contributed by atoms with Gasteiger partial charge >= 0.3 is 0 Å². The van der Waals surface area contributed by atoms with Gasteiger partial charge in [-0.2, -0.15) is 0 Å². The number of hydrogen-bond donors (Lipinski definition) is 3. The summed E-state index contributed by atoms with van der Waals surface area (Å²) in [5.41, 5.74) is -1.20. The molecule has 1 heterocycles. The molecule has 0 spiro atoms. The van der Waals surface area contributed by atoms with Gasteiger partial charge < -0.3 is 15.3 Å². The van der Waals surface area contributed by atoms with Gasteiger partial charge in [0.15, 0.2) is 0 Å². The van der Waals surface area contributed by atoms with Crippen LogP contribution in [-0.2, 0) is 14.4 Å². The highest BCUT2D eigenvalue weighted by Gasteiger charge is 2.60. The molecule has 28 heavy (non-hydrogen) atoms. The summed E-state index contributed by atoms with van der Waals surface area (Å²) in [5, 5.41) is 13.4. The summed E-state index contributed by atoms with van der Waals surface area (Å²) in [5.74, 6) is -0.868. The van der Waals surface area contributed by atoms with Gasteiger partial charge in [0.25, 0.3) is 5.91 Å². The van der Waals surface area contributed by atoms with Gasteiger partial charge in [-0.3, -0.25) is 19.1 Å². The molecule has 2 unspecified atom stereocenters. The lowest BCUT2D eigenvalue weighted by molar-refractivity contribution is -0.141. The zero-order valence-corrected chi connectivity index (χ0v) is 17.7. The minimum absolute atomic E-state index is 0.124. The van der Waals surface area contributed by atoms with Gasteiger partial charge in [0.05, 0.1) is 6.10 Å². The lowest BCUT2D eigenvalue weighted by atomic mass is 9.91. The van der Waals surface area contributed by atoms with Gasteiger partial charge in [-0.15, -0.1) is 6.58 Å². The molecule has 3 N–H and O–H groups in total. The summed E-state index contributed by atoms with van der Waals surface area (Å²) in [6.45, 7) is 9.79. The van der Waals surface area contributed by atoms with E-state index in [2.05, 4.69) is 16.6 Å². The third-order valence-electron chi connectivity index (χ3n) is 5.48. The largest absolute Gasteiger partial charge is 0.391 e. The molecule has 3 amide bonds. The maximum Gasteiger partial charge on any atom is 0.256 e. The van der Waals surface area contributed by atoms with Gasteiger partial charge in [-0.25, -0.2) is 0 Å². The fourth-order valence-electron chi connectivity index (χ4n) is 3.64. The number of β-amino-alcohol motifs (C(OH)–C–C–N with tert-alkyl or cyclic N) is 1. The molecule has 0 bridgehead atoms. The first kappa shape index (κ1) is 21.2. The number of nitrogens with zero attached hydrogens (tertiary/aromatic N) is 1. The molecule has 0 aromatic heterocycles. The van der Waals surface area contributed by atoms with Gasteiger partial charge in [0, 0.05) is 30.6 Å². The lowest BCUT2D eigenvalue weighted by Crippen LogP contribution is -2.55. The average Bonchev–Trinajstić information content (AvgIpc) is 3.49. The number of nitrogens with one attached hydrogen (secondary N) is 2. The molecule has 3 fully saturated rings. The van der Waals surface area contributed by atoms with E-state index < -0.39 is 17.7 Å². The van der Waals surface area contributed by atoms with Crippen molar-refractivity contribution in [2.75, 3.05) is 6.54 Å². The number of aliphatic hydroxyl groups excluding tert-OH is 1. The molecular formula is C20H31N3O4S. The summed E-state index contributed by atoms with van der Waals surface area (Å²) >= 11 is 1.41. The first-order valence-corrected chi connectivity index (χ1v) is 10.8. The number of rotatable bonds is 7. The van der Waals surface area contributed by atoms with Crippen LogP contribution in [0.1, 0.15) is 52.9 Å².